The van der Waals surface area contributed by atoms with Crippen LogP contribution in [0.2, 0.25) is 0 Å². The quantitative estimate of drug-likeness (QED) is 0.783. The third-order valence-electron chi connectivity index (χ3n) is 4.30. The fourth-order valence-corrected chi connectivity index (χ4v) is 3.04. The van der Waals surface area contributed by atoms with E-state index in [1.807, 2.05) is 24.3 Å². The number of nitrogens with two attached hydrogens (primary N) is 1. The van der Waals surface area contributed by atoms with Crippen LogP contribution >= 0.6 is 0 Å². The summed E-state index contributed by atoms with van der Waals surface area (Å²) in [5, 5.41) is 3.05. The van der Waals surface area contributed by atoms with Gasteiger partial charge < -0.3 is 11.1 Å². The van der Waals surface area contributed by atoms with E-state index in [-0.39, 0.29) is 11.8 Å². The lowest BCUT2D eigenvalue weighted by Crippen LogP contribution is -2.31. The summed E-state index contributed by atoms with van der Waals surface area (Å²) in [6.45, 7) is 2.76. The highest BCUT2D eigenvalue weighted by Gasteiger charge is 2.21. The van der Waals surface area contributed by atoms with Crippen LogP contribution in [0.5, 0.6) is 0 Å². The average Bonchev–Trinajstić information content (AvgIpc) is 2.93. The molecule has 1 unspecified atom stereocenters. The van der Waals surface area contributed by atoms with Crippen LogP contribution in [-0.4, -0.2) is 12.5 Å². The van der Waals surface area contributed by atoms with Crippen molar-refractivity contribution in [2.24, 2.45) is 11.8 Å². The summed E-state index contributed by atoms with van der Waals surface area (Å²) in [4.78, 5) is 12.0. The number of hydrogen-bond donors (Lipinski definition) is 2. The van der Waals surface area contributed by atoms with Gasteiger partial charge in [-0.2, -0.15) is 0 Å². The van der Waals surface area contributed by atoms with E-state index >= 15 is 0 Å². The van der Waals surface area contributed by atoms with Gasteiger partial charge in [-0.05, 0) is 36.5 Å². The molecule has 3 heteroatoms. The number of hydrogen-bond acceptors (Lipinski definition) is 2. The molecule has 1 aliphatic carbocycles. The molecule has 1 aromatic carbocycles. The summed E-state index contributed by atoms with van der Waals surface area (Å²) in [6.07, 6.45) is 7.22. The zero-order valence-electron chi connectivity index (χ0n) is 12.4. The number of carbonyl (C=O) groups excluding carboxylic acids is 1. The molecule has 1 saturated carbocycles. The maximum atomic E-state index is 12.0. The van der Waals surface area contributed by atoms with Gasteiger partial charge in [0.25, 0.3) is 0 Å². The highest BCUT2D eigenvalue weighted by Crippen LogP contribution is 2.30. The number of amides is 1. The molecule has 0 heterocycles. The van der Waals surface area contributed by atoms with E-state index in [2.05, 4.69) is 12.2 Å². The first-order valence-corrected chi connectivity index (χ1v) is 7.77. The Labute approximate surface area is 121 Å². The van der Waals surface area contributed by atoms with Crippen LogP contribution in [-0.2, 0) is 11.2 Å². The minimum absolute atomic E-state index is 0.143. The lowest BCUT2D eigenvalue weighted by molar-refractivity contribution is -0.124. The maximum absolute atomic E-state index is 12.0. The van der Waals surface area contributed by atoms with E-state index < -0.39 is 0 Å². The van der Waals surface area contributed by atoms with Crippen LogP contribution in [0, 0.1) is 11.8 Å². The SMILES string of the molecule is CC(CC1CCCC1)C(=O)NCCc1ccc(N)cc1. The van der Waals surface area contributed by atoms with Crippen LogP contribution in [0.1, 0.15) is 44.6 Å². The number of nitrogens with one attached hydrogen (secondary N) is 1. The topological polar surface area (TPSA) is 55.1 Å². The second kappa shape index (κ2) is 7.32. The van der Waals surface area contributed by atoms with Gasteiger partial charge in [-0.3, -0.25) is 4.79 Å². The number of carbonyl (C=O) groups is 1. The Balaban J connectivity index is 1.67. The van der Waals surface area contributed by atoms with Gasteiger partial charge in [-0.1, -0.05) is 44.7 Å². The fourth-order valence-electron chi connectivity index (χ4n) is 3.04. The Bertz CT molecular complexity index is 421. The third-order valence-corrected chi connectivity index (χ3v) is 4.30. The summed E-state index contributed by atoms with van der Waals surface area (Å²) < 4.78 is 0. The van der Waals surface area contributed by atoms with E-state index in [0.29, 0.717) is 6.54 Å². The number of nitrogen functional groups attached to an aromatic ring is 1. The minimum atomic E-state index is 0.143. The van der Waals surface area contributed by atoms with E-state index in [1.54, 1.807) is 0 Å². The highest BCUT2D eigenvalue weighted by molar-refractivity contribution is 5.78. The van der Waals surface area contributed by atoms with Crippen molar-refractivity contribution in [2.45, 2.75) is 45.4 Å². The normalized spacial score (nSPS) is 17.1. The Morgan fingerprint density at radius 3 is 2.60 bits per heavy atom. The van der Waals surface area contributed by atoms with Crippen LogP contribution in [0.15, 0.2) is 24.3 Å². The third kappa shape index (κ3) is 4.55. The number of anilines is 1. The van der Waals surface area contributed by atoms with Gasteiger partial charge in [0.2, 0.25) is 5.91 Å². The molecule has 110 valence electrons. The van der Waals surface area contributed by atoms with Crippen LogP contribution < -0.4 is 11.1 Å². The van der Waals surface area contributed by atoms with Crippen molar-refractivity contribution in [2.75, 3.05) is 12.3 Å². The zero-order valence-corrected chi connectivity index (χ0v) is 12.4. The Hall–Kier alpha value is -1.51. The summed E-state index contributed by atoms with van der Waals surface area (Å²) in [6, 6.07) is 7.84. The first-order chi connectivity index (χ1) is 9.65. The lowest BCUT2D eigenvalue weighted by Gasteiger charge is -2.16. The van der Waals surface area contributed by atoms with Gasteiger partial charge in [0.1, 0.15) is 0 Å². The zero-order chi connectivity index (χ0) is 14.4. The van der Waals surface area contributed by atoms with Crippen molar-refractivity contribution in [3.8, 4) is 0 Å². The molecule has 1 aromatic rings. The van der Waals surface area contributed by atoms with Crippen LogP contribution in [0.4, 0.5) is 5.69 Å². The van der Waals surface area contributed by atoms with Gasteiger partial charge in [0.15, 0.2) is 0 Å². The smallest absolute Gasteiger partial charge is 0.222 e. The predicted octanol–water partition coefficient (Wildman–Crippen LogP) is 3.14. The monoisotopic (exact) mass is 274 g/mol. The van der Waals surface area contributed by atoms with Gasteiger partial charge in [0.05, 0.1) is 0 Å². The molecule has 0 aromatic heterocycles. The molecular weight excluding hydrogens is 248 g/mol. The summed E-state index contributed by atoms with van der Waals surface area (Å²) in [7, 11) is 0. The second-order valence-corrected chi connectivity index (χ2v) is 6.07. The Morgan fingerprint density at radius 1 is 1.30 bits per heavy atom. The first-order valence-electron chi connectivity index (χ1n) is 7.77. The van der Waals surface area contributed by atoms with Crippen molar-refractivity contribution in [1.82, 2.24) is 5.32 Å². The molecule has 3 nitrogen and oxygen atoms in total. The highest BCUT2D eigenvalue weighted by atomic mass is 16.1. The predicted molar refractivity (Wildman–Crippen MR) is 83.3 cm³/mol. The largest absolute Gasteiger partial charge is 0.399 e. The maximum Gasteiger partial charge on any atom is 0.222 e. The van der Waals surface area contributed by atoms with Gasteiger partial charge in [-0.15, -0.1) is 0 Å². The van der Waals surface area contributed by atoms with Crippen molar-refractivity contribution in [1.29, 1.82) is 0 Å². The molecule has 3 N–H and O–H groups in total. The molecule has 1 amide bonds. The average molecular weight is 274 g/mol. The first kappa shape index (κ1) is 14.9. The molecule has 1 atom stereocenters. The Morgan fingerprint density at radius 2 is 1.95 bits per heavy atom. The van der Waals surface area contributed by atoms with E-state index in [4.69, 9.17) is 5.73 Å². The molecule has 0 radical (unpaired) electrons. The van der Waals surface area contributed by atoms with Crippen LogP contribution in [0.3, 0.4) is 0 Å². The molecular formula is C17H26N2O. The fraction of sp³-hybridized carbons (Fsp3) is 0.588. The van der Waals surface area contributed by atoms with Gasteiger partial charge >= 0.3 is 0 Å². The van der Waals surface area contributed by atoms with E-state index in [1.165, 1.54) is 31.2 Å². The van der Waals surface area contributed by atoms with Crippen molar-refractivity contribution < 1.29 is 4.79 Å². The summed E-state index contributed by atoms with van der Waals surface area (Å²) in [5.41, 5.74) is 7.64. The second-order valence-electron chi connectivity index (χ2n) is 6.07. The van der Waals surface area contributed by atoms with E-state index in [9.17, 15) is 4.79 Å². The molecule has 0 spiro atoms. The van der Waals surface area contributed by atoms with Gasteiger partial charge in [0, 0.05) is 18.2 Å². The summed E-state index contributed by atoms with van der Waals surface area (Å²) >= 11 is 0. The lowest BCUT2D eigenvalue weighted by atomic mass is 9.94. The standard InChI is InChI=1S/C17H26N2O/c1-13(12-15-4-2-3-5-15)17(20)19-11-10-14-6-8-16(18)9-7-14/h6-9,13,15H,2-5,10-12,18H2,1H3,(H,19,20). The van der Waals surface area contributed by atoms with Crippen molar-refractivity contribution in [3.05, 3.63) is 29.8 Å². The number of rotatable bonds is 6. The van der Waals surface area contributed by atoms with Crippen molar-refractivity contribution >= 4 is 11.6 Å². The Kier molecular flexibility index (Phi) is 5.45. The molecule has 1 fully saturated rings. The number of benzene rings is 1. The van der Waals surface area contributed by atoms with Crippen LogP contribution in [0.25, 0.3) is 0 Å². The molecule has 0 bridgehead atoms. The molecule has 20 heavy (non-hydrogen) atoms. The minimum Gasteiger partial charge on any atom is -0.399 e. The van der Waals surface area contributed by atoms with Crippen molar-refractivity contribution in [3.63, 3.8) is 0 Å². The van der Waals surface area contributed by atoms with Gasteiger partial charge in [-0.25, -0.2) is 0 Å². The summed E-state index contributed by atoms with van der Waals surface area (Å²) in [5.74, 6) is 1.12. The molecule has 0 saturated heterocycles. The molecule has 2 rings (SSSR count). The molecule has 1 aliphatic rings. The molecule has 0 aliphatic heterocycles. The van der Waals surface area contributed by atoms with E-state index in [0.717, 1.165) is 24.4 Å².